The summed E-state index contributed by atoms with van der Waals surface area (Å²) < 4.78 is 26.1. The van der Waals surface area contributed by atoms with Crippen LogP contribution in [0.3, 0.4) is 0 Å². The summed E-state index contributed by atoms with van der Waals surface area (Å²) in [6.07, 6.45) is 8.66. The van der Waals surface area contributed by atoms with Crippen LogP contribution in [0.15, 0.2) is 36.4 Å². The van der Waals surface area contributed by atoms with Crippen LogP contribution in [0.5, 0.6) is 0 Å². The Morgan fingerprint density at radius 1 is 1.03 bits per heavy atom. The Hall–Kier alpha value is -1.44. The zero-order valence-electron chi connectivity index (χ0n) is 21.4. The maximum atomic E-state index is 13.7. The third-order valence-corrected chi connectivity index (χ3v) is 14.0. The number of carboxylic acid groups (broad SMARTS) is 1. The van der Waals surface area contributed by atoms with Gasteiger partial charge in [0.2, 0.25) is 0 Å². The van der Waals surface area contributed by atoms with Gasteiger partial charge in [0.25, 0.3) is 0 Å². The predicted octanol–water partition coefficient (Wildman–Crippen LogP) is 7.69. The molecule has 1 aromatic carbocycles. The molecular weight excluding hydrogens is 493 g/mol. The highest BCUT2D eigenvalue weighted by Gasteiger charge is 2.56. The summed E-state index contributed by atoms with van der Waals surface area (Å²) in [5, 5.41) is 10.3. The first kappa shape index (κ1) is 26.6. The lowest BCUT2D eigenvalue weighted by Gasteiger charge is -2.41. The molecule has 1 saturated heterocycles. The Labute approximate surface area is 216 Å². The molecule has 35 heavy (non-hydrogen) atoms. The van der Waals surface area contributed by atoms with Crippen molar-refractivity contribution in [1.29, 1.82) is 0 Å². The average Bonchev–Trinajstić information content (AvgIpc) is 3.30. The largest absolute Gasteiger partial charge is 0.481 e. The summed E-state index contributed by atoms with van der Waals surface area (Å²) in [7, 11) is -5.13. The molecule has 1 unspecified atom stereocenters. The fraction of sp³-hybridized carbons (Fsp3) is 0.607. The molecule has 1 aromatic heterocycles. The lowest BCUT2D eigenvalue weighted by atomic mass is 9.83. The molecule has 2 heterocycles. The summed E-state index contributed by atoms with van der Waals surface area (Å²) in [5.74, 6) is -1.15. The summed E-state index contributed by atoms with van der Waals surface area (Å²) in [6.45, 7) is 6.65. The van der Waals surface area contributed by atoms with E-state index in [1.807, 2.05) is 12.1 Å². The number of thiophene rings is 1. The highest BCUT2D eigenvalue weighted by molar-refractivity contribution is 7.92. The van der Waals surface area contributed by atoms with E-state index >= 15 is 0 Å². The van der Waals surface area contributed by atoms with Crippen LogP contribution in [-0.4, -0.2) is 33.3 Å². The number of hydrogen-bond donors (Lipinski definition) is 1. The lowest BCUT2D eigenvalue weighted by Crippen LogP contribution is -2.49. The minimum absolute atomic E-state index is 0.0764. The normalized spacial score (nSPS) is 24.2. The lowest BCUT2D eigenvalue weighted by molar-refractivity contribution is -0.143. The van der Waals surface area contributed by atoms with Crippen molar-refractivity contribution in [3.8, 4) is 10.4 Å². The Morgan fingerprint density at radius 2 is 1.71 bits per heavy atom. The molecule has 2 fully saturated rings. The van der Waals surface area contributed by atoms with Crippen molar-refractivity contribution in [3.05, 3.63) is 46.8 Å². The molecule has 2 aliphatic rings. The fourth-order valence-electron chi connectivity index (χ4n) is 6.07. The molecule has 4 nitrogen and oxygen atoms in total. The summed E-state index contributed by atoms with van der Waals surface area (Å²) in [4.78, 5) is 14.3. The van der Waals surface area contributed by atoms with Gasteiger partial charge in [-0.15, -0.1) is 11.3 Å². The van der Waals surface area contributed by atoms with Gasteiger partial charge in [0, 0.05) is 17.8 Å². The fourth-order valence-corrected chi connectivity index (χ4v) is 11.3. The monoisotopic (exact) mass is 532 g/mol. The van der Waals surface area contributed by atoms with E-state index in [4.69, 9.17) is 0 Å². The highest BCUT2D eigenvalue weighted by Crippen LogP contribution is 2.51. The van der Waals surface area contributed by atoms with E-state index in [9.17, 15) is 18.3 Å². The zero-order valence-corrected chi connectivity index (χ0v) is 24.0. The Balaban J connectivity index is 1.69. The second kappa shape index (κ2) is 10.5. The molecule has 4 rings (SSSR count). The van der Waals surface area contributed by atoms with Gasteiger partial charge in [-0.1, -0.05) is 75.6 Å². The van der Waals surface area contributed by atoms with Gasteiger partial charge in [-0.25, -0.2) is 8.42 Å². The second-order valence-electron chi connectivity index (χ2n) is 11.8. The number of aliphatic carboxylic acids is 1. The molecule has 0 amide bonds. The van der Waals surface area contributed by atoms with Crippen molar-refractivity contribution in [2.75, 3.05) is 5.75 Å². The van der Waals surface area contributed by atoms with Gasteiger partial charge < -0.3 is 5.11 Å². The van der Waals surface area contributed by atoms with Gasteiger partial charge in [-0.3, -0.25) is 4.79 Å². The average molecular weight is 533 g/mol. The molecule has 1 saturated carbocycles. The molecule has 2 aromatic rings. The maximum absolute atomic E-state index is 13.7. The Morgan fingerprint density at radius 3 is 2.31 bits per heavy atom. The van der Waals surface area contributed by atoms with Crippen LogP contribution in [0.1, 0.15) is 74.1 Å². The molecule has 192 valence electrons. The van der Waals surface area contributed by atoms with Crippen LogP contribution < -0.4 is 0 Å². The predicted molar refractivity (Wildman–Crippen MR) is 149 cm³/mol. The standard InChI is InChI=1S/C28H40O4S2Si/c1-35(2,3)20-17-24(27(29)30)28(18-7-8-19-34(28,31)32)26-16-15-25(33-26)23-13-11-22(12-14-23)21-9-5-4-6-10-21/h11-16,21,24H,4-10,17-20H2,1-3H3,(H,29,30)/t24?,28-/m0/s1. The maximum Gasteiger partial charge on any atom is 0.308 e. The molecule has 1 N–H and O–H groups in total. The first-order chi connectivity index (χ1) is 16.5. The van der Waals surface area contributed by atoms with Crippen LogP contribution in [0.4, 0.5) is 0 Å². The third-order valence-electron chi connectivity index (χ3n) is 8.11. The van der Waals surface area contributed by atoms with Crippen molar-refractivity contribution in [1.82, 2.24) is 0 Å². The van der Waals surface area contributed by atoms with Crippen molar-refractivity contribution in [2.24, 2.45) is 5.92 Å². The van der Waals surface area contributed by atoms with Gasteiger partial charge in [0.1, 0.15) is 4.75 Å². The highest BCUT2D eigenvalue weighted by atomic mass is 32.2. The molecule has 0 bridgehead atoms. The van der Waals surface area contributed by atoms with Crippen molar-refractivity contribution >= 4 is 35.2 Å². The number of sulfone groups is 1. The van der Waals surface area contributed by atoms with Gasteiger partial charge in [0.05, 0.1) is 11.7 Å². The van der Waals surface area contributed by atoms with Crippen molar-refractivity contribution in [2.45, 2.75) is 94.1 Å². The van der Waals surface area contributed by atoms with Crippen LogP contribution in [0.2, 0.25) is 25.7 Å². The summed E-state index contributed by atoms with van der Waals surface area (Å²) >= 11 is 1.48. The van der Waals surface area contributed by atoms with Gasteiger partial charge in [-0.2, -0.15) is 0 Å². The summed E-state index contributed by atoms with van der Waals surface area (Å²) in [6, 6.07) is 13.5. The Bertz CT molecular complexity index is 1120. The number of hydrogen-bond acceptors (Lipinski definition) is 4. The van der Waals surface area contributed by atoms with Crippen LogP contribution in [-0.2, 0) is 19.4 Å². The molecule has 0 spiro atoms. The number of carboxylic acids is 1. The van der Waals surface area contributed by atoms with E-state index in [1.165, 1.54) is 49.0 Å². The number of benzene rings is 1. The minimum Gasteiger partial charge on any atom is -0.481 e. The van der Waals surface area contributed by atoms with E-state index in [0.29, 0.717) is 30.1 Å². The molecule has 1 aliphatic carbocycles. The van der Waals surface area contributed by atoms with Gasteiger partial charge >= 0.3 is 5.97 Å². The molecule has 2 atom stereocenters. The number of rotatable bonds is 8. The Kier molecular flexibility index (Phi) is 7.99. The number of carbonyl (C=O) groups is 1. The topological polar surface area (TPSA) is 71.4 Å². The summed E-state index contributed by atoms with van der Waals surface area (Å²) in [5.41, 5.74) is 2.48. The van der Waals surface area contributed by atoms with Crippen LogP contribution in [0, 0.1) is 5.92 Å². The van der Waals surface area contributed by atoms with Crippen LogP contribution in [0.25, 0.3) is 10.4 Å². The molecule has 7 heteroatoms. The van der Waals surface area contributed by atoms with Crippen molar-refractivity contribution < 1.29 is 18.3 Å². The molecule has 1 aliphatic heterocycles. The molecular formula is C28H40O4S2Si. The third kappa shape index (κ3) is 5.62. The van der Waals surface area contributed by atoms with E-state index in [2.05, 4.69) is 43.9 Å². The zero-order chi connectivity index (χ0) is 25.3. The van der Waals surface area contributed by atoms with Crippen LogP contribution >= 0.6 is 11.3 Å². The van der Waals surface area contributed by atoms with Crippen molar-refractivity contribution in [3.63, 3.8) is 0 Å². The SMILES string of the molecule is C[Si](C)(C)CCC(C(=O)O)[C@]1(c2ccc(-c3ccc(C4CCCCC4)cc3)s2)CCCCS1(=O)=O. The van der Waals surface area contributed by atoms with E-state index in [-0.39, 0.29) is 5.75 Å². The van der Waals surface area contributed by atoms with Gasteiger partial charge in [-0.05, 0) is 61.3 Å². The van der Waals surface area contributed by atoms with Gasteiger partial charge in [0.15, 0.2) is 9.84 Å². The molecule has 0 radical (unpaired) electrons. The second-order valence-corrected chi connectivity index (χ2v) is 20.8. The first-order valence-corrected chi connectivity index (χ1v) is 19.4. The quantitative estimate of drug-likeness (QED) is 0.354. The minimum atomic E-state index is -3.60. The first-order valence-electron chi connectivity index (χ1n) is 13.2. The van der Waals surface area contributed by atoms with E-state index in [1.54, 1.807) is 0 Å². The van der Waals surface area contributed by atoms with E-state index < -0.39 is 34.5 Å². The smallest absolute Gasteiger partial charge is 0.308 e. The van der Waals surface area contributed by atoms with E-state index in [0.717, 1.165) is 22.9 Å².